The third-order valence-electron chi connectivity index (χ3n) is 4.71. The van der Waals surface area contributed by atoms with Gasteiger partial charge in [-0.1, -0.05) is 38.1 Å². The Morgan fingerprint density at radius 1 is 1.24 bits per heavy atom. The van der Waals surface area contributed by atoms with Gasteiger partial charge in [0.15, 0.2) is 0 Å². The van der Waals surface area contributed by atoms with Crippen molar-refractivity contribution in [2.45, 2.75) is 52.0 Å². The summed E-state index contributed by atoms with van der Waals surface area (Å²) in [6.45, 7) is 6.20. The smallest absolute Gasteiger partial charge is 0.325 e. The second-order valence-electron chi connectivity index (χ2n) is 7.04. The van der Waals surface area contributed by atoms with Gasteiger partial charge in [-0.05, 0) is 29.9 Å². The zero-order valence-electron chi connectivity index (χ0n) is 14.9. The van der Waals surface area contributed by atoms with Crippen LogP contribution < -0.4 is 5.32 Å². The van der Waals surface area contributed by atoms with E-state index >= 15 is 0 Å². The number of carbonyl (C=O) groups excluding carboxylic acids is 2. The molecule has 6 nitrogen and oxygen atoms in total. The summed E-state index contributed by atoms with van der Waals surface area (Å²) in [7, 11) is 0. The molecule has 1 aromatic carbocycles. The Bertz CT molecular complexity index is 626. The summed E-state index contributed by atoms with van der Waals surface area (Å²) in [4.78, 5) is 25.8. The van der Waals surface area contributed by atoms with Crippen molar-refractivity contribution in [1.82, 2.24) is 10.2 Å². The van der Waals surface area contributed by atoms with Gasteiger partial charge in [-0.25, -0.2) is 4.79 Å². The van der Waals surface area contributed by atoms with Gasteiger partial charge in [0.25, 0.3) is 5.91 Å². The van der Waals surface area contributed by atoms with E-state index in [1.807, 2.05) is 38.1 Å². The van der Waals surface area contributed by atoms with Crippen molar-refractivity contribution < 1.29 is 19.1 Å². The van der Waals surface area contributed by atoms with Crippen molar-refractivity contribution in [3.05, 3.63) is 35.4 Å². The summed E-state index contributed by atoms with van der Waals surface area (Å²) in [6, 6.07) is 7.14. The average Bonchev–Trinajstić information content (AvgIpc) is 2.90. The van der Waals surface area contributed by atoms with Gasteiger partial charge in [-0.15, -0.1) is 0 Å². The summed E-state index contributed by atoms with van der Waals surface area (Å²) < 4.78 is 11.3. The number of carbonyl (C=O) groups is 2. The lowest BCUT2D eigenvalue weighted by atomic mass is 10.0. The Hall–Kier alpha value is -1.92. The number of benzene rings is 1. The lowest BCUT2D eigenvalue weighted by Gasteiger charge is -2.22. The molecule has 1 aromatic rings. The monoisotopic (exact) mass is 346 g/mol. The van der Waals surface area contributed by atoms with Crippen LogP contribution in [-0.2, 0) is 27.4 Å². The van der Waals surface area contributed by atoms with E-state index < -0.39 is 6.04 Å². The lowest BCUT2D eigenvalue weighted by molar-refractivity contribution is -0.128. The molecule has 3 amide bonds. The van der Waals surface area contributed by atoms with Crippen LogP contribution in [0.25, 0.3) is 0 Å². The Labute approximate surface area is 148 Å². The minimum atomic E-state index is -0.424. The Morgan fingerprint density at radius 3 is 2.64 bits per heavy atom. The molecule has 0 unspecified atom stereocenters. The number of hydrogen-bond donors (Lipinski definition) is 1. The number of urea groups is 1. The number of amides is 3. The Balaban J connectivity index is 1.59. The summed E-state index contributed by atoms with van der Waals surface area (Å²) in [5, 5.41) is 2.76. The highest BCUT2D eigenvalue weighted by molar-refractivity contribution is 6.04. The van der Waals surface area contributed by atoms with E-state index in [0.29, 0.717) is 13.2 Å². The molecule has 2 fully saturated rings. The molecule has 2 aliphatic rings. The fourth-order valence-electron chi connectivity index (χ4n) is 3.20. The number of ether oxygens (including phenoxy) is 2. The molecule has 2 saturated heterocycles. The number of hydrogen-bond acceptors (Lipinski definition) is 4. The number of nitrogens with zero attached hydrogens (tertiary/aromatic N) is 1. The molecule has 3 rings (SSSR count). The van der Waals surface area contributed by atoms with Gasteiger partial charge in [-0.3, -0.25) is 9.69 Å². The molecular formula is C19H26N2O4. The van der Waals surface area contributed by atoms with Crippen LogP contribution in [0.15, 0.2) is 24.3 Å². The lowest BCUT2D eigenvalue weighted by Crippen LogP contribution is -2.34. The van der Waals surface area contributed by atoms with Crippen molar-refractivity contribution in [2.75, 3.05) is 13.2 Å². The van der Waals surface area contributed by atoms with Gasteiger partial charge in [0.05, 0.1) is 19.3 Å². The molecule has 0 saturated carbocycles. The summed E-state index contributed by atoms with van der Waals surface area (Å²) in [6.07, 6.45) is 2.10. The fourth-order valence-corrected chi connectivity index (χ4v) is 3.20. The van der Waals surface area contributed by atoms with Gasteiger partial charge in [-0.2, -0.15) is 0 Å². The SMILES string of the molecule is CC(C)[C@@H]1NC(=O)N(Cc2cccc(COC3CCOCC3)c2)C1=O. The molecule has 0 bridgehead atoms. The van der Waals surface area contributed by atoms with Crippen molar-refractivity contribution in [3.63, 3.8) is 0 Å². The van der Waals surface area contributed by atoms with Crippen molar-refractivity contribution in [3.8, 4) is 0 Å². The third-order valence-corrected chi connectivity index (χ3v) is 4.71. The normalized spacial score (nSPS) is 21.9. The van der Waals surface area contributed by atoms with E-state index in [-0.39, 0.29) is 24.0 Å². The first kappa shape index (κ1) is 17.9. The molecule has 2 heterocycles. The summed E-state index contributed by atoms with van der Waals surface area (Å²) in [5.41, 5.74) is 1.98. The van der Waals surface area contributed by atoms with Crippen LogP contribution in [0.2, 0.25) is 0 Å². The zero-order valence-corrected chi connectivity index (χ0v) is 14.9. The van der Waals surface area contributed by atoms with Crippen LogP contribution in [0, 0.1) is 5.92 Å². The minimum absolute atomic E-state index is 0.0839. The van der Waals surface area contributed by atoms with Crippen LogP contribution in [0.1, 0.15) is 37.8 Å². The van der Waals surface area contributed by atoms with E-state index in [0.717, 1.165) is 37.2 Å². The number of imide groups is 1. The van der Waals surface area contributed by atoms with E-state index in [1.165, 1.54) is 4.90 Å². The molecule has 0 spiro atoms. The Morgan fingerprint density at radius 2 is 1.96 bits per heavy atom. The fraction of sp³-hybridized carbons (Fsp3) is 0.579. The third kappa shape index (κ3) is 4.38. The maximum absolute atomic E-state index is 12.4. The molecule has 6 heteroatoms. The standard InChI is InChI=1S/C19H26N2O4/c1-13(2)17-18(22)21(19(23)20-17)11-14-4-3-5-15(10-14)12-25-16-6-8-24-9-7-16/h3-5,10,13,16-17H,6-9,11-12H2,1-2H3,(H,20,23)/t17-/m0/s1. The van der Waals surface area contributed by atoms with Gasteiger partial charge in [0.1, 0.15) is 6.04 Å². The molecule has 136 valence electrons. The zero-order chi connectivity index (χ0) is 17.8. The van der Waals surface area contributed by atoms with E-state index in [4.69, 9.17) is 9.47 Å². The predicted molar refractivity (Wildman–Crippen MR) is 92.8 cm³/mol. The second-order valence-corrected chi connectivity index (χ2v) is 7.04. The average molecular weight is 346 g/mol. The molecular weight excluding hydrogens is 320 g/mol. The maximum Gasteiger partial charge on any atom is 0.325 e. The number of nitrogens with one attached hydrogen (secondary N) is 1. The first-order valence-corrected chi connectivity index (χ1v) is 8.93. The molecule has 0 aliphatic carbocycles. The van der Waals surface area contributed by atoms with Crippen LogP contribution in [0.5, 0.6) is 0 Å². The Kier molecular flexibility index (Phi) is 5.71. The molecule has 1 N–H and O–H groups in total. The van der Waals surface area contributed by atoms with Crippen molar-refractivity contribution in [1.29, 1.82) is 0 Å². The molecule has 25 heavy (non-hydrogen) atoms. The van der Waals surface area contributed by atoms with Gasteiger partial charge >= 0.3 is 6.03 Å². The van der Waals surface area contributed by atoms with Gasteiger partial charge < -0.3 is 14.8 Å². The highest BCUT2D eigenvalue weighted by Crippen LogP contribution is 2.18. The predicted octanol–water partition coefficient (Wildman–Crippen LogP) is 2.46. The largest absolute Gasteiger partial charge is 0.381 e. The maximum atomic E-state index is 12.4. The highest BCUT2D eigenvalue weighted by atomic mass is 16.5. The summed E-state index contributed by atoms with van der Waals surface area (Å²) >= 11 is 0. The molecule has 1 atom stereocenters. The van der Waals surface area contributed by atoms with Gasteiger partial charge in [0.2, 0.25) is 0 Å². The van der Waals surface area contributed by atoms with E-state index in [1.54, 1.807) is 0 Å². The molecule has 0 radical (unpaired) electrons. The molecule has 2 aliphatic heterocycles. The van der Waals surface area contributed by atoms with E-state index in [9.17, 15) is 9.59 Å². The van der Waals surface area contributed by atoms with Crippen molar-refractivity contribution >= 4 is 11.9 Å². The van der Waals surface area contributed by atoms with Crippen LogP contribution in [0.4, 0.5) is 4.79 Å². The number of rotatable bonds is 6. The van der Waals surface area contributed by atoms with Gasteiger partial charge in [0, 0.05) is 13.2 Å². The summed E-state index contributed by atoms with van der Waals surface area (Å²) in [5.74, 6) is -0.0653. The van der Waals surface area contributed by atoms with Crippen LogP contribution in [-0.4, -0.2) is 42.2 Å². The quantitative estimate of drug-likeness (QED) is 0.804. The second kappa shape index (κ2) is 7.97. The van der Waals surface area contributed by atoms with Crippen molar-refractivity contribution in [2.24, 2.45) is 5.92 Å². The minimum Gasteiger partial charge on any atom is -0.381 e. The first-order valence-electron chi connectivity index (χ1n) is 8.93. The molecule has 0 aromatic heterocycles. The first-order chi connectivity index (χ1) is 12.0. The van der Waals surface area contributed by atoms with Crippen LogP contribution in [0.3, 0.4) is 0 Å². The van der Waals surface area contributed by atoms with E-state index in [2.05, 4.69) is 5.32 Å². The highest BCUT2D eigenvalue weighted by Gasteiger charge is 2.39. The topological polar surface area (TPSA) is 67.9 Å². The van der Waals surface area contributed by atoms with Crippen LogP contribution >= 0.6 is 0 Å².